The Morgan fingerprint density at radius 3 is 2.71 bits per heavy atom. The predicted molar refractivity (Wildman–Crippen MR) is 68.2 cm³/mol. The second kappa shape index (κ2) is 5.07. The quantitative estimate of drug-likeness (QED) is 0.809. The largest absolute Gasteiger partial charge is 0.324 e. The highest BCUT2D eigenvalue weighted by Gasteiger charge is 2.25. The molecule has 1 fully saturated rings. The maximum atomic E-state index is 5.34. The molecule has 0 spiro atoms. The van der Waals surface area contributed by atoms with Gasteiger partial charge in [-0.05, 0) is 18.8 Å². The van der Waals surface area contributed by atoms with E-state index >= 15 is 0 Å². The van der Waals surface area contributed by atoms with E-state index in [0.717, 1.165) is 11.7 Å². The summed E-state index contributed by atoms with van der Waals surface area (Å²) in [5.41, 5.74) is 0. The lowest BCUT2D eigenvalue weighted by Crippen LogP contribution is -2.35. The van der Waals surface area contributed by atoms with Crippen molar-refractivity contribution in [3.8, 4) is 0 Å². The molecule has 1 aliphatic rings. The molecule has 1 heterocycles. The molecular formula is C13H23N3O. The van der Waals surface area contributed by atoms with Crippen LogP contribution in [-0.4, -0.2) is 23.2 Å². The highest BCUT2D eigenvalue weighted by atomic mass is 16.5. The minimum atomic E-state index is 0.325. The van der Waals surface area contributed by atoms with Crippen LogP contribution in [0.15, 0.2) is 4.52 Å². The first-order valence-corrected chi connectivity index (χ1v) is 6.64. The molecule has 2 rings (SSSR count). The number of nitrogens with zero attached hydrogens (tertiary/aromatic N) is 3. The van der Waals surface area contributed by atoms with Gasteiger partial charge in [0.2, 0.25) is 0 Å². The third-order valence-corrected chi connectivity index (χ3v) is 3.71. The van der Waals surface area contributed by atoms with Gasteiger partial charge < -0.3 is 9.42 Å². The second-order valence-electron chi connectivity index (χ2n) is 5.63. The summed E-state index contributed by atoms with van der Waals surface area (Å²) in [5.74, 6) is 1.94. The van der Waals surface area contributed by atoms with Crippen LogP contribution in [0, 0.1) is 5.92 Å². The molecule has 1 aromatic rings. The lowest BCUT2D eigenvalue weighted by molar-refractivity contribution is 0.318. The van der Waals surface area contributed by atoms with Crippen LogP contribution in [0.3, 0.4) is 0 Å². The van der Waals surface area contributed by atoms with Gasteiger partial charge in [-0.2, -0.15) is 4.98 Å². The van der Waals surface area contributed by atoms with E-state index in [2.05, 4.69) is 42.9 Å². The van der Waals surface area contributed by atoms with Crippen molar-refractivity contribution in [2.75, 3.05) is 11.9 Å². The lowest BCUT2D eigenvalue weighted by Gasteiger charge is -2.32. The van der Waals surface area contributed by atoms with E-state index in [1.165, 1.54) is 25.7 Å². The van der Waals surface area contributed by atoms with E-state index in [9.17, 15) is 0 Å². The Bertz CT molecular complexity index is 361. The van der Waals surface area contributed by atoms with E-state index in [1.54, 1.807) is 0 Å². The van der Waals surface area contributed by atoms with Crippen molar-refractivity contribution in [3.05, 3.63) is 5.82 Å². The lowest BCUT2D eigenvalue weighted by atomic mass is 9.86. The summed E-state index contributed by atoms with van der Waals surface area (Å²) in [6.45, 7) is 6.49. The molecule has 0 amide bonds. The fourth-order valence-electron chi connectivity index (χ4n) is 2.51. The summed E-state index contributed by atoms with van der Waals surface area (Å²) >= 11 is 0. The van der Waals surface area contributed by atoms with Crippen molar-refractivity contribution >= 4 is 6.01 Å². The fourth-order valence-corrected chi connectivity index (χ4v) is 2.51. The summed E-state index contributed by atoms with van der Waals surface area (Å²) in [6, 6.07) is 1.23. The molecule has 0 aromatic carbocycles. The Balaban J connectivity index is 2.04. The third kappa shape index (κ3) is 2.79. The molecule has 0 N–H and O–H groups in total. The number of hydrogen-bond acceptors (Lipinski definition) is 4. The van der Waals surface area contributed by atoms with Crippen LogP contribution in [0.2, 0.25) is 0 Å². The zero-order chi connectivity index (χ0) is 12.4. The maximum Gasteiger partial charge on any atom is 0.324 e. The highest BCUT2D eigenvalue weighted by Crippen LogP contribution is 2.29. The smallest absolute Gasteiger partial charge is 0.324 e. The second-order valence-corrected chi connectivity index (χ2v) is 5.63. The normalized spacial score (nSPS) is 25.2. The number of rotatable bonds is 3. The summed E-state index contributed by atoms with van der Waals surface area (Å²) in [4.78, 5) is 6.62. The molecule has 0 saturated heterocycles. The Morgan fingerprint density at radius 2 is 2.12 bits per heavy atom. The highest BCUT2D eigenvalue weighted by molar-refractivity contribution is 5.26. The molecule has 0 aliphatic heterocycles. The maximum absolute atomic E-state index is 5.34. The van der Waals surface area contributed by atoms with Gasteiger partial charge in [-0.3, -0.25) is 0 Å². The molecular weight excluding hydrogens is 214 g/mol. The van der Waals surface area contributed by atoms with Crippen molar-refractivity contribution < 1.29 is 4.52 Å². The van der Waals surface area contributed by atoms with E-state index in [-0.39, 0.29) is 0 Å². The first-order chi connectivity index (χ1) is 8.08. The molecule has 2 unspecified atom stereocenters. The van der Waals surface area contributed by atoms with E-state index in [4.69, 9.17) is 4.52 Å². The molecule has 96 valence electrons. The van der Waals surface area contributed by atoms with E-state index in [1.807, 2.05) is 0 Å². The molecule has 17 heavy (non-hydrogen) atoms. The van der Waals surface area contributed by atoms with Gasteiger partial charge in [-0.25, -0.2) is 0 Å². The van der Waals surface area contributed by atoms with Gasteiger partial charge in [0.15, 0.2) is 5.82 Å². The average molecular weight is 237 g/mol. The first-order valence-electron chi connectivity index (χ1n) is 6.64. The van der Waals surface area contributed by atoms with Crippen molar-refractivity contribution in [2.45, 2.75) is 58.4 Å². The molecule has 0 radical (unpaired) electrons. The number of aromatic nitrogens is 2. The molecule has 1 aromatic heterocycles. The van der Waals surface area contributed by atoms with Crippen LogP contribution in [0.5, 0.6) is 0 Å². The van der Waals surface area contributed by atoms with Crippen LogP contribution in [0.1, 0.15) is 58.2 Å². The monoisotopic (exact) mass is 237 g/mol. The van der Waals surface area contributed by atoms with Gasteiger partial charge in [0, 0.05) is 19.0 Å². The van der Waals surface area contributed by atoms with Gasteiger partial charge in [0.1, 0.15) is 0 Å². The van der Waals surface area contributed by atoms with Gasteiger partial charge in [0.05, 0.1) is 0 Å². The Morgan fingerprint density at radius 1 is 1.35 bits per heavy atom. The standard InChI is InChI=1S/C13H23N3O/c1-9(2)12-14-13(17-15-12)16(4)11-7-5-6-10(3)8-11/h9-11H,5-8H2,1-4H3. The van der Waals surface area contributed by atoms with Crippen molar-refractivity contribution in [2.24, 2.45) is 5.92 Å². The average Bonchev–Trinajstić information content (AvgIpc) is 2.77. The van der Waals surface area contributed by atoms with Gasteiger partial charge in [-0.15, -0.1) is 0 Å². The van der Waals surface area contributed by atoms with Crippen LogP contribution in [0.25, 0.3) is 0 Å². The van der Waals surface area contributed by atoms with E-state index in [0.29, 0.717) is 18.0 Å². The fraction of sp³-hybridized carbons (Fsp3) is 0.846. The van der Waals surface area contributed by atoms with Gasteiger partial charge >= 0.3 is 6.01 Å². The molecule has 1 saturated carbocycles. The van der Waals surface area contributed by atoms with Gasteiger partial charge in [-0.1, -0.05) is 38.8 Å². The predicted octanol–water partition coefficient (Wildman–Crippen LogP) is 3.21. The molecule has 1 aliphatic carbocycles. The van der Waals surface area contributed by atoms with Crippen molar-refractivity contribution in [1.29, 1.82) is 0 Å². The minimum Gasteiger partial charge on any atom is -0.324 e. The zero-order valence-electron chi connectivity index (χ0n) is 11.3. The summed E-state index contributed by atoms with van der Waals surface area (Å²) in [7, 11) is 2.07. The SMILES string of the molecule is CC1CCCC(N(C)c2nc(C(C)C)no2)C1. The molecule has 2 atom stereocenters. The van der Waals surface area contributed by atoms with Crippen molar-refractivity contribution in [1.82, 2.24) is 10.1 Å². The van der Waals surface area contributed by atoms with Crippen LogP contribution >= 0.6 is 0 Å². The number of anilines is 1. The summed E-state index contributed by atoms with van der Waals surface area (Å²) < 4.78 is 5.34. The number of hydrogen-bond donors (Lipinski definition) is 0. The topological polar surface area (TPSA) is 42.2 Å². The van der Waals surface area contributed by atoms with Crippen LogP contribution < -0.4 is 4.90 Å². The Hall–Kier alpha value is -1.06. The van der Waals surface area contributed by atoms with Crippen molar-refractivity contribution in [3.63, 3.8) is 0 Å². The molecule has 0 bridgehead atoms. The third-order valence-electron chi connectivity index (χ3n) is 3.71. The summed E-state index contributed by atoms with van der Waals surface area (Å²) in [6.07, 6.45) is 5.13. The Kier molecular flexibility index (Phi) is 3.69. The molecule has 4 nitrogen and oxygen atoms in total. The molecule has 4 heteroatoms. The van der Waals surface area contributed by atoms with Gasteiger partial charge in [0.25, 0.3) is 0 Å². The van der Waals surface area contributed by atoms with Crippen LogP contribution in [0.4, 0.5) is 6.01 Å². The Labute approximate surface area is 103 Å². The summed E-state index contributed by atoms with van der Waals surface area (Å²) in [5, 5.41) is 4.02. The first kappa shape index (κ1) is 12.4. The van der Waals surface area contributed by atoms with E-state index < -0.39 is 0 Å². The minimum absolute atomic E-state index is 0.325. The zero-order valence-corrected chi connectivity index (χ0v) is 11.3. The van der Waals surface area contributed by atoms with Crippen LogP contribution in [-0.2, 0) is 0 Å².